The van der Waals surface area contributed by atoms with E-state index in [0.717, 1.165) is 27.3 Å². The van der Waals surface area contributed by atoms with Gasteiger partial charge < -0.3 is 23.7 Å². The van der Waals surface area contributed by atoms with Crippen molar-refractivity contribution in [1.29, 1.82) is 0 Å². The second-order valence-corrected chi connectivity index (χ2v) is 14.0. The third-order valence-electron chi connectivity index (χ3n) is 5.38. The summed E-state index contributed by atoms with van der Waals surface area (Å²) in [7, 11) is 1.65. The van der Waals surface area contributed by atoms with Crippen LogP contribution in [-0.2, 0) is 38.6 Å². The van der Waals surface area contributed by atoms with Gasteiger partial charge in [0.1, 0.15) is 17.0 Å². The molecule has 0 saturated carbocycles. The molecule has 0 aliphatic carbocycles. The molecule has 0 aliphatic heterocycles. The molecule has 2 amide bonds. The lowest BCUT2D eigenvalue weighted by atomic mass is 10.0. The summed E-state index contributed by atoms with van der Waals surface area (Å²) >= 11 is -0.582. The number of carbonyl (C=O) groups is 2. The molecule has 9 heteroatoms. The Bertz CT molecular complexity index is 1080. The van der Waals surface area contributed by atoms with Gasteiger partial charge >= 0.3 is 33.4 Å². The predicted molar refractivity (Wildman–Crippen MR) is 150 cm³/mol. The van der Waals surface area contributed by atoms with Gasteiger partial charge in [0.2, 0.25) is 0 Å². The Hall–Kier alpha value is -2.37. The van der Waals surface area contributed by atoms with E-state index in [4.69, 9.17) is 23.7 Å². The minimum Gasteiger partial charge on any atom is -0.497 e. The number of hydrogen-bond acceptors (Lipinski definition) is 7. The Labute approximate surface area is 249 Å². The van der Waals surface area contributed by atoms with Gasteiger partial charge in [0.15, 0.2) is 7.14 Å². The van der Waals surface area contributed by atoms with Crippen molar-refractivity contribution in [3.05, 3.63) is 60.2 Å². The molecule has 2 aromatic rings. The van der Waals surface area contributed by atoms with E-state index in [0.29, 0.717) is 32.8 Å². The van der Waals surface area contributed by atoms with Crippen LogP contribution < -0.4 is 25.9 Å². The van der Waals surface area contributed by atoms with Gasteiger partial charge in [0, 0.05) is 25.3 Å². The molecule has 0 aromatic heterocycles. The molecule has 222 valence electrons. The van der Waals surface area contributed by atoms with Crippen molar-refractivity contribution in [1.82, 2.24) is 4.90 Å². The van der Waals surface area contributed by atoms with Gasteiger partial charge in [-0.1, -0.05) is 0 Å². The largest absolute Gasteiger partial charge is 0.497 e. The van der Waals surface area contributed by atoms with Crippen LogP contribution in [0.15, 0.2) is 36.4 Å². The third-order valence-corrected chi connectivity index (χ3v) is 8.31. The Morgan fingerprint density at radius 1 is 0.775 bits per heavy atom. The second-order valence-electron chi connectivity index (χ2n) is 11.1. The van der Waals surface area contributed by atoms with E-state index in [-0.39, 0.29) is 6.54 Å². The van der Waals surface area contributed by atoms with Crippen LogP contribution in [0.3, 0.4) is 0 Å². The van der Waals surface area contributed by atoms with Crippen LogP contribution in [-0.4, -0.2) is 55.2 Å². The lowest BCUT2D eigenvalue weighted by Crippen LogP contribution is -3.61. The lowest BCUT2D eigenvalue weighted by molar-refractivity contribution is -0.598. The smallest absolute Gasteiger partial charge is 0.419 e. The zero-order valence-corrected chi connectivity index (χ0v) is 27.5. The van der Waals surface area contributed by atoms with Crippen LogP contribution in [0.4, 0.5) is 9.59 Å². The molecule has 0 atom stereocenters. The molecule has 2 rings (SSSR count). The van der Waals surface area contributed by atoms with E-state index in [1.807, 2.05) is 26.0 Å². The average Bonchev–Trinajstić information content (AvgIpc) is 2.85. The highest BCUT2D eigenvalue weighted by Gasteiger charge is 2.32. The zero-order chi connectivity index (χ0) is 29.9. The number of halogens is 1. The Kier molecular flexibility index (Phi) is 13.2. The maximum absolute atomic E-state index is 13.1. The minimum absolute atomic E-state index is 0.113. The first-order valence-electron chi connectivity index (χ1n) is 13.6. The highest BCUT2D eigenvalue weighted by Crippen LogP contribution is 2.19. The molecule has 8 nitrogen and oxygen atoms in total. The quantitative estimate of drug-likeness (QED) is 0.320. The van der Waals surface area contributed by atoms with Gasteiger partial charge in [-0.25, -0.2) is 14.5 Å². The molecule has 0 radical (unpaired) electrons. The summed E-state index contributed by atoms with van der Waals surface area (Å²) in [6.07, 6.45) is -1.01. The average molecular weight is 671 g/mol. The monoisotopic (exact) mass is 670 g/mol. The Balaban J connectivity index is 2.48. The molecule has 0 saturated heterocycles. The summed E-state index contributed by atoms with van der Waals surface area (Å²) in [6, 6.07) is 12.4. The lowest BCUT2D eigenvalue weighted by Gasteiger charge is -2.28. The molecule has 0 fully saturated rings. The number of amides is 2. The molecule has 0 spiro atoms. The molecule has 0 N–H and O–H groups in total. The molecule has 0 unspecified atom stereocenters. The number of benzene rings is 2. The fourth-order valence-corrected chi connectivity index (χ4v) is 6.25. The summed E-state index contributed by atoms with van der Waals surface area (Å²) in [6.45, 7) is 16.8. The van der Waals surface area contributed by atoms with E-state index in [9.17, 15) is 9.59 Å². The number of rotatable bonds is 12. The first kappa shape index (κ1) is 33.8. The number of methoxy groups -OCH3 is 1. The van der Waals surface area contributed by atoms with E-state index in [2.05, 4.69) is 24.3 Å². The molecule has 0 bridgehead atoms. The number of nitrogens with zero attached hydrogens (tertiary/aromatic N) is 1. The third kappa shape index (κ3) is 11.6. The number of ether oxygens (including phenoxy) is 5. The highest BCUT2D eigenvalue weighted by molar-refractivity contribution is 5.88. The van der Waals surface area contributed by atoms with Gasteiger partial charge in [0.25, 0.3) is 0 Å². The Morgan fingerprint density at radius 2 is 1.27 bits per heavy atom. The van der Waals surface area contributed by atoms with E-state index in [1.165, 1.54) is 7.14 Å². The van der Waals surface area contributed by atoms with Crippen LogP contribution >= 0.6 is 0 Å². The van der Waals surface area contributed by atoms with Crippen molar-refractivity contribution in [2.24, 2.45) is 0 Å². The fourth-order valence-electron chi connectivity index (χ4n) is 3.56. The van der Waals surface area contributed by atoms with Crippen molar-refractivity contribution in [2.45, 2.75) is 86.2 Å². The van der Waals surface area contributed by atoms with Crippen molar-refractivity contribution >= 4 is 12.2 Å². The van der Waals surface area contributed by atoms with Crippen LogP contribution in [0.1, 0.15) is 72.1 Å². The molecule has 2 aromatic carbocycles. The molecule has 40 heavy (non-hydrogen) atoms. The summed E-state index contributed by atoms with van der Waals surface area (Å²) in [5, 5.41) is 0. The van der Waals surface area contributed by atoms with Crippen LogP contribution in [0.25, 0.3) is 0 Å². The van der Waals surface area contributed by atoms with Gasteiger partial charge in [-0.05, 0) is 109 Å². The van der Waals surface area contributed by atoms with Crippen LogP contribution in [0, 0.1) is 7.14 Å². The summed E-state index contributed by atoms with van der Waals surface area (Å²) in [4.78, 5) is 27.2. The standard InChI is InChI=1S/C31H45INO7/c1-10-37-20-23-18-22(16-17-33(28(34)39-30(3,4)5)29(35)40-31(6,7)8)27(19-24(23)21-38-11-2)32-25-12-14-26(36-9)15-13-25/h12-15,18-19H,10-11,16-17,20-21H2,1-9H3/q+1. The number of hydrogen-bond donors (Lipinski definition) is 0. The van der Waals surface area contributed by atoms with E-state index < -0.39 is 44.6 Å². The normalized spacial score (nSPS) is 11.7. The molecular weight excluding hydrogens is 625 g/mol. The van der Waals surface area contributed by atoms with Gasteiger partial charge in [-0.2, -0.15) is 0 Å². The maximum Gasteiger partial charge on any atom is 0.419 e. The van der Waals surface area contributed by atoms with Crippen LogP contribution in [0.2, 0.25) is 0 Å². The highest BCUT2D eigenvalue weighted by atomic mass is 127. The predicted octanol–water partition coefficient (Wildman–Crippen LogP) is 3.61. The minimum atomic E-state index is -0.756. The van der Waals surface area contributed by atoms with Crippen molar-refractivity contribution in [3.63, 3.8) is 0 Å². The second kappa shape index (κ2) is 15.6. The van der Waals surface area contributed by atoms with E-state index in [1.54, 1.807) is 48.7 Å². The molecule has 0 heterocycles. The topological polar surface area (TPSA) is 83.5 Å². The summed E-state index contributed by atoms with van der Waals surface area (Å²) in [5.74, 6) is 0.808. The first-order chi connectivity index (χ1) is 18.8. The number of carbonyl (C=O) groups excluding carboxylic acids is 2. The van der Waals surface area contributed by atoms with Crippen molar-refractivity contribution in [2.75, 3.05) is 26.9 Å². The first-order valence-corrected chi connectivity index (χ1v) is 15.7. The summed E-state index contributed by atoms with van der Waals surface area (Å²) < 4.78 is 30.4. The fraction of sp³-hybridized carbons (Fsp3) is 0.548. The molecular formula is C31H45INO7+. The van der Waals surface area contributed by atoms with Crippen molar-refractivity contribution in [3.8, 4) is 5.75 Å². The van der Waals surface area contributed by atoms with Crippen molar-refractivity contribution < 1.29 is 54.5 Å². The van der Waals surface area contributed by atoms with E-state index >= 15 is 0 Å². The van der Waals surface area contributed by atoms with Gasteiger partial charge in [-0.3, -0.25) is 0 Å². The van der Waals surface area contributed by atoms with Gasteiger partial charge in [-0.15, -0.1) is 0 Å². The maximum atomic E-state index is 13.1. The Morgan fingerprint density at radius 3 is 1.73 bits per heavy atom. The molecule has 0 aliphatic rings. The number of imide groups is 1. The zero-order valence-electron chi connectivity index (χ0n) is 25.4. The summed E-state index contributed by atoms with van der Waals surface area (Å²) in [5.41, 5.74) is 1.66. The van der Waals surface area contributed by atoms with Gasteiger partial charge in [0.05, 0.1) is 20.3 Å². The SMILES string of the molecule is CCOCc1cc(CCN(C(=O)OC(C)(C)C)C(=O)OC(C)(C)C)c([I+]c2ccc(OC)cc2)cc1COCC. The van der Waals surface area contributed by atoms with Crippen LogP contribution in [0.5, 0.6) is 5.75 Å².